The molecule has 1 heterocycles. The summed E-state index contributed by atoms with van der Waals surface area (Å²) < 4.78 is 2.17. The van der Waals surface area contributed by atoms with Crippen molar-refractivity contribution in [3.63, 3.8) is 0 Å². The molecule has 0 amide bonds. The van der Waals surface area contributed by atoms with Gasteiger partial charge in [0.05, 0.1) is 0 Å². The van der Waals surface area contributed by atoms with Gasteiger partial charge in [-0.25, -0.2) is 0 Å². The van der Waals surface area contributed by atoms with Crippen molar-refractivity contribution in [2.75, 3.05) is 0 Å². The first-order valence-electron chi connectivity index (χ1n) is 6.50. The topological polar surface area (TPSA) is 17.1 Å². The molecule has 3 aromatic rings. The third kappa shape index (κ3) is 2.32. The van der Waals surface area contributed by atoms with E-state index in [4.69, 9.17) is 0 Å². The zero-order chi connectivity index (χ0) is 14.1. The zero-order valence-electron chi connectivity index (χ0n) is 11.0. The van der Waals surface area contributed by atoms with Crippen LogP contribution >= 0.6 is 27.3 Å². The van der Waals surface area contributed by atoms with E-state index in [-0.39, 0.29) is 5.78 Å². The predicted molar refractivity (Wildman–Crippen MR) is 88.8 cm³/mol. The fraction of sp³-hybridized carbons (Fsp3) is 0.118. The largest absolute Gasteiger partial charge is 0.289 e. The highest BCUT2D eigenvalue weighted by Gasteiger charge is 2.15. The molecular weight excluding hydrogens is 332 g/mol. The quantitative estimate of drug-likeness (QED) is 0.576. The number of aryl methyl sites for hydroxylation is 1. The van der Waals surface area contributed by atoms with E-state index in [2.05, 4.69) is 22.9 Å². The van der Waals surface area contributed by atoms with E-state index in [1.54, 1.807) is 11.3 Å². The maximum Gasteiger partial charge on any atom is 0.194 e. The van der Waals surface area contributed by atoms with E-state index >= 15 is 0 Å². The van der Waals surface area contributed by atoms with E-state index in [1.807, 2.05) is 47.8 Å². The van der Waals surface area contributed by atoms with Crippen LogP contribution in [0.5, 0.6) is 0 Å². The lowest BCUT2D eigenvalue weighted by atomic mass is 10.0. The maximum atomic E-state index is 12.6. The molecule has 100 valence electrons. The second kappa shape index (κ2) is 5.51. The molecule has 0 atom stereocenters. The van der Waals surface area contributed by atoms with Crippen molar-refractivity contribution in [2.24, 2.45) is 0 Å². The molecule has 0 unspecified atom stereocenters. The van der Waals surface area contributed by atoms with Crippen LogP contribution in [0.25, 0.3) is 10.1 Å². The van der Waals surface area contributed by atoms with E-state index < -0.39 is 0 Å². The van der Waals surface area contributed by atoms with Crippen LogP contribution in [0.1, 0.15) is 28.4 Å². The standard InChI is InChI=1S/C17H13BrOS/c1-2-11-6-8-12(9-7-11)16(19)14-10-20-17-13(14)4-3-5-15(17)18/h3-10H,2H2,1H3. The average molecular weight is 345 g/mol. The Morgan fingerprint density at radius 1 is 1.15 bits per heavy atom. The fourth-order valence-corrected chi connectivity index (χ4v) is 3.85. The van der Waals surface area contributed by atoms with Gasteiger partial charge in [-0.3, -0.25) is 4.79 Å². The number of fused-ring (bicyclic) bond motifs is 1. The highest BCUT2D eigenvalue weighted by Crippen LogP contribution is 2.33. The summed E-state index contributed by atoms with van der Waals surface area (Å²) in [7, 11) is 0. The van der Waals surface area contributed by atoms with Crippen LogP contribution in [-0.4, -0.2) is 5.78 Å². The van der Waals surface area contributed by atoms with Crippen molar-refractivity contribution >= 4 is 43.1 Å². The van der Waals surface area contributed by atoms with Gasteiger partial charge in [-0.15, -0.1) is 11.3 Å². The number of ketones is 1. The number of carbonyl (C=O) groups excluding carboxylic acids is 1. The predicted octanol–water partition coefficient (Wildman–Crippen LogP) is 5.46. The smallest absolute Gasteiger partial charge is 0.194 e. The Morgan fingerprint density at radius 2 is 1.90 bits per heavy atom. The molecular formula is C17H13BrOS. The van der Waals surface area contributed by atoms with Gasteiger partial charge >= 0.3 is 0 Å². The highest BCUT2D eigenvalue weighted by molar-refractivity contribution is 9.10. The lowest BCUT2D eigenvalue weighted by molar-refractivity contribution is 0.104. The molecule has 1 nitrogen and oxygen atoms in total. The number of hydrogen-bond donors (Lipinski definition) is 0. The van der Waals surface area contributed by atoms with Gasteiger partial charge in [-0.2, -0.15) is 0 Å². The van der Waals surface area contributed by atoms with Gasteiger partial charge in [0.15, 0.2) is 5.78 Å². The van der Waals surface area contributed by atoms with Crippen molar-refractivity contribution in [3.05, 3.63) is 69.0 Å². The minimum Gasteiger partial charge on any atom is -0.289 e. The molecule has 3 rings (SSSR count). The molecule has 0 N–H and O–H groups in total. The Balaban J connectivity index is 2.06. The lowest BCUT2D eigenvalue weighted by Crippen LogP contribution is -2.00. The fourth-order valence-electron chi connectivity index (χ4n) is 2.25. The Labute approximate surface area is 130 Å². The zero-order valence-corrected chi connectivity index (χ0v) is 13.4. The summed E-state index contributed by atoms with van der Waals surface area (Å²) in [5.74, 6) is 0.0944. The van der Waals surface area contributed by atoms with Crippen molar-refractivity contribution < 1.29 is 4.79 Å². The first-order chi connectivity index (χ1) is 9.70. The van der Waals surface area contributed by atoms with Crippen molar-refractivity contribution in [3.8, 4) is 0 Å². The van der Waals surface area contributed by atoms with Gasteiger partial charge in [0, 0.05) is 31.1 Å². The van der Waals surface area contributed by atoms with E-state index in [0.717, 1.165) is 32.1 Å². The maximum absolute atomic E-state index is 12.6. The molecule has 0 saturated heterocycles. The number of rotatable bonds is 3. The van der Waals surface area contributed by atoms with E-state index in [9.17, 15) is 4.79 Å². The summed E-state index contributed by atoms with van der Waals surface area (Å²) in [5.41, 5.74) is 2.79. The summed E-state index contributed by atoms with van der Waals surface area (Å²) in [5, 5.41) is 2.97. The number of carbonyl (C=O) groups is 1. The Hall–Kier alpha value is -1.45. The van der Waals surface area contributed by atoms with Crippen LogP contribution in [0.3, 0.4) is 0 Å². The molecule has 2 aromatic carbocycles. The molecule has 1 aromatic heterocycles. The van der Waals surface area contributed by atoms with Crippen LogP contribution in [0.15, 0.2) is 52.3 Å². The molecule has 0 aliphatic carbocycles. The van der Waals surface area contributed by atoms with Crippen molar-refractivity contribution in [2.45, 2.75) is 13.3 Å². The molecule has 0 aliphatic rings. The van der Waals surface area contributed by atoms with Gasteiger partial charge in [0.1, 0.15) is 0 Å². The van der Waals surface area contributed by atoms with Gasteiger partial charge in [0.25, 0.3) is 0 Å². The summed E-state index contributed by atoms with van der Waals surface area (Å²) >= 11 is 5.14. The van der Waals surface area contributed by atoms with Gasteiger partial charge < -0.3 is 0 Å². The minimum absolute atomic E-state index is 0.0944. The molecule has 0 saturated carbocycles. The Bertz CT molecular complexity index is 771. The average Bonchev–Trinajstić information content (AvgIpc) is 2.92. The van der Waals surface area contributed by atoms with E-state index in [1.165, 1.54) is 5.56 Å². The van der Waals surface area contributed by atoms with Crippen LogP contribution in [0, 0.1) is 0 Å². The number of hydrogen-bond acceptors (Lipinski definition) is 2. The molecule has 0 spiro atoms. The van der Waals surface area contributed by atoms with Crippen molar-refractivity contribution in [1.82, 2.24) is 0 Å². The summed E-state index contributed by atoms with van der Waals surface area (Å²) in [6, 6.07) is 13.9. The molecule has 0 aliphatic heterocycles. The van der Waals surface area contributed by atoms with Crippen LogP contribution in [-0.2, 0) is 6.42 Å². The summed E-state index contributed by atoms with van der Waals surface area (Å²) in [6.07, 6.45) is 0.989. The number of thiophene rings is 1. The highest BCUT2D eigenvalue weighted by atomic mass is 79.9. The van der Waals surface area contributed by atoms with Crippen LogP contribution < -0.4 is 0 Å². The molecule has 20 heavy (non-hydrogen) atoms. The van der Waals surface area contributed by atoms with Crippen LogP contribution in [0.2, 0.25) is 0 Å². The Kier molecular flexibility index (Phi) is 3.72. The summed E-state index contributed by atoms with van der Waals surface area (Å²) in [6.45, 7) is 2.11. The van der Waals surface area contributed by atoms with E-state index in [0.29, 0.717) is 0 Å². The third-order valence-electron chi connectivity index (χ3n) is 3.42. The normalized spacial score (nSPS) is 10.9. The molecule has 0 bridgehead atoms. The monoisotopic (exact) mass is 344 g/mol. The minimum atomic E-state index is 0.0944. The Morgan fingerprint density at radius 3 is 2.60 bits per heavy atom. The first kappa shape index (κ1) is 13.5. The van der Waals surface area contributed by atoms with Gasteiger partial charge in [0.2, 0.25) is 0 Å². The van der Waals surface area contributed by atoms with Crippen molar-refractivity contribution in [1.29, 1.82) is 0 Å². The van der Waals surface area contributed by atoms with Gasteiger partial charge in [-0.1, -0.05) is 43.3 Å². The molecule has 3 heteroatoms. The third-order valence-corrected chi connectivity index (χ3v) is 5.37. The summed E-state index contributed by atoms with van der Waals surface area (Å²) in [4.78, 5) is 12.6. The van der Waals surface area contributed by atoms with Crippen LogP contribution in [0.4, 0.5) is 0 Å². The van der Waals surface area contributed by atoms with Gasteiger partial charge in [-0.05, 0) is 34.0 Å². The number of halogens is 1. The SMILES string of the molecule is CCc1ccc(C(=O)c2csc3c(Br)cccc23)cc1. The molecule has 0 radical (unpaired) electrons. The first-order valence-corrected chi connectivity index (χ1v) is 8.17. The lowest BCUT2D eigenvalue weighted by Gasteiger charge is -2.02. The second-order valence-corrected chi connectivity index (χ2v) is 6.38. The second-order valence-electron chi connectivity index (χ2n) is 4.65. The number of benzene rings is 2. The molecule has 0 fully saturated rings.